The van der Waals surface area contributed by atoms with Gasteiger partial charge in [0.05, 0.1) is 0 Å². The lowest BCUT2D eigenvalue weighted by atomic mass is 10.00. The van der Waals surface area contributed by atoms with Crippen LogP contribution in [0.5, 0.6) is 0 Å². The van der Waals surface area contributed by atoms with Gasteiger partial charge in [0.15, 0.2) is 5.96 Å². The van der Waals surface area contributed by atoms with Crippen molar-refractivity contribution in [3.8, 4) is 0 Å². The van der Waals surface area contributed by atoms with E-state index in [0.29, 0.717) is 0 Å². The molecule has 1 heterocycles. The number of rotatable bonds is 6. The SMILES string of the molecule is CCNC(=NCCCCSC)N1CCC(C)CC1.I. The summed E-state index contributed by atoms with van der Waals surface area (Å²) in [7, 11) is 0. The van der Waals surface area contributed by atoms with Crippen LogP contribution in [0.25, 0.3) is 0 Å². The fourth-order valence-electron chi connectivity index (χ4n) is 2.19. The van der Waals surface area contributed by atoms with Crippen LogP contribution in [-0.2, 0) is 0 Å². The van der Waals surface area contributed by atoms with Crippen LogP contribution in [0.3, 0.4) is 0 Å². The van der Waals surface area contributed by atoms with E-state index in [1.165, 1.54) is 31.4 Å². The molecule has 1 saturated heterocycles. The lowest BCUT2D eigenvalue weighted by molar-refractivity contribution is 0.273. The molecule has 0 aromatic carbocycles. The number of halogens is 1. The first-order chi connectivity index (χ1) is 8.77. The molecule has 0 radical (unpaired) electrons. The first-order valence-corrected chi connectivity index (χ1v) is 8.69. The van der Waals surface area contributed by atoms with Gasteiger partial charge in [-0.1, -0.05) is 6.92 Å². The third-order valence-corrected chi connectivity index (χ3v) is 4.13. The number of guanidine groups is 1. The Morgan fingerprint density at radius 2 is 2.00 bits per heavy atom. The number of hydrogen-bond acceptors (Lipinski definition) is 2. The fourth-order valence-corrected chi connectivity index (χ4v) is 2.68. The Morgan fingerprint density at radius 3 is 2.58 bits per heavy atom. The van der Waals surface area contributed by atoms with Gasteiger partial charge in [-0.2, -0.15) is 11.8 Å². The first kappa shape index (κ1) is 19.4. The Hall–Kier alpha value is 0.350. The van der Waals surface area contributed by atoms with Gasteiger partial charge in [0.25, 0.3) is 0 Å². The van der Waals surface area contributed by atoms with Crippen LogP contribution in [0.4, 0.5) is 0 Å². The number of unbranched alkanes of at least 4 members (excludes halogenated alkanes) is 1. The molecule has 0 aromatic rings. The minimum Gasteiger partial charge on any atom is -0.357 e. The van der Waals surface area contributed by atoms with Crippen molar-refractivity contribution in [1.82, 2.24) is 10.2 Å². The molecule has 0 amide bonds. The summed E-state index contributed by atoms with van der Waals surface area (Å²) < 4.78 is 0. The van der Waals surface area contributed by atoms with Gasteiger partial charge < -0.3 is 10.2 Å². The summed E-state index contributed by atoms with van der Waals surface area (Å²) in [5.41, 5.74) is 0. The van der Waals surface area contributed by atoms with E-state index in [-0.39, 0.29) is 24.0 Å². The predicted molar refractivity (Wildman–Crippen MR) is 99.0 cm³/mol. The zero-order valence-corrected chi connectivity index (χ0v) is 15.8. The first-order valence-electron chi connectivity index (χ1n) is 7.30. The Labute approximate surface area is 140 Å². The van der Waals surface area contributed by atoms with Crippen LogP contribution >= 0.6 is 35.7 Å². The van der Waals surface area contributed by atoms with Gasteiger partial charge in [-0.15, -0.1) is 24.0 Å². The van der Waals surface area contributed by atoms with Crippen molar-refractivity contribution in [1.29, 1.82) is 0 Å². The summed E-state index contributed by atoms with van der Waals surface area (Å²) in [6.45, 7) is 8.76. The summed E-state index contributed by atoms with van der Waals surface area (Å²) in [5.74, 6) is 3.27. The van der Waals surface area contributed by atoms with Gasteiger partial charge in [-0.05, 0) is 50.5 Å². The van der Waals surface area contributed by atoms with Crippen LogP contribution in [0, 0.1) is 5.92 Å². The Balaban J connectivity index is 0.00000324. The number of likely N-dealkylation sites (tertiary alicyclic amines) is 1. The maximum Gasteiger partial charge on any atom is 0.193 e. The van der Waals surface area contributed by atoms with Crippen molar-refractivity contribution in [2.24, 2.45) is 10.9 Å². The maximum atomic E-state index is 4.76. The third-order valence-electron chi connectivity index (χ3n) is 3.44. The lowest BCUT2D eigenvalue weighted by Crippen LogP contribution is -2.45. The van der Waals surface area contributed by atoms with E-state index >= 15 is 0 Å². The monoisotopic (exact) mass is 399 g/mol. The molecule has 0 spiro atoms. The van der Waals surface area contributed by atoms with Gasteiger partial charge in [-0.25, -0.2) is 0 Å². The molecule has 0 atom stereocenters. The van der Waals surface area contributed by atoms with Crippen LogP contribution in [0.2, 0.25) is 0 Å². The molecule has 3 nitrogen and oxygen atoms in total. The molecule has 1 aliphatic heterocycles. The summed E-state index contributed by atoms with van der Waals surface area (Å²) in [5, 5.41) is 3.43. The lowest BCUT2D eigenvalue weighted by Gasteiger charge is -2.33. The predicted octanol–water partition coefficient (Wildman–Crippen LogP) is 3.45. The van der Waals surface area contributed by atoms with Crippen LogP contribution in [-0.4, -0.2) is 49.0 Å². The topological polar surface area (TPSA) is 27.6 Å². The van der Waals surface area contributed by atoms with Crippen molar-refractivity contribution in [3.63, 3.8) is 0 Å². The standard InChI is InChI=1S/C14H29N3S.HI/c1-4-15-14(16-9-5-6-12-18-3)17-10-7-13(2)8-11-17;/h13H,4-12H2,1-3H3,(H,15,16);1H. The van der Waals surface area contributed by atoms with Gasteiger partial charge in [0, 0.05) is 26.2 Å². The maximum absolute atomic E-state index is 4.76. The smallest absolute Gasteiger partial charge is 0.193 e. The summed E-state index contributed by atoms with van der Waals surface area (Å²) in [4.78, 5) is 7.18. The van der Waals surface area contributed by atoms with E-state index in [0.717, 1.165) is 38.1 Å². The molecule has 0 bridgehead atoms. The van der Waals surface area contributed by atoms with Gasteiger partial charge in [-0.3, -0.25) is 4.99 Å². The van der Waals surface area contributed by atoms with Crippen molar-refractivity contribution in [2.45, 2.75) is 39.5 Å². The quantitative estimate of drug-likeness (QED) is 0.321. The largest absolute Gasteiger partial charge is 0.357 e. The molecule has 1 rings (SSSR count). The van der Waals surface area contributed by atoms with E-state index < -0.39 is 0 Å². The van der Waals surface area contributed by atoms with Gasteiger partial charge in [0.1, 0.15) is 0 Å². The highest BCUT2D eigenvalue weighted by Crippen LogP contribution is 2.15. The number of nitrogens with zero attached hydrogens (tertiary/aromatic N) is 2. The van der Waals surface area contributed by atoms with Crippen molar-refractivity contribution < 1.29 is 0 Å². The number of piperidine rings is 1. The average Bonchev–Trinajstić information content (AvgIpc) is 2.38. The molecule has 5 heteroatoms. The number of nitrogens with one attached hydrogen (secondary N) is 1. The molecule has 0 aromatic heterocycles. The second-order valence-electron chi connectivity index (χ2n) is 5.11. The molecule has 1 fully saturated rings. The molecule has 114 valence electrons. The zero-order valence-electron chi connectivity index (χ0n) is 12.7. The van der Waals surface area contributed by atoms with Crippen LogP contribution in [0.1, 0.15) is 39.5 Å². The highest BCUT2D eigenvalue weighted by atomic mass is 127. The summed E-state index contributed by atoms with van der Waals surface area (Å²) in [6.07, 6.45) is 7.26. The minimum absolute atomic E-state index is 0. The van der Waals surface area contributed by atoms with Crippen molar-refractivity contribution in [3.05, 3.63) is 0 Å². The molecular weight excluding hydrogens is 369 g/mol. The molecule has 0 aliphatic carbocycles. The van der Waals surface area contributed by atoms with E-state index in [9.17, 15) is 0 Å². The van der Waals surface area contributed by atoms with E-state index in [1.54, 1.807) is 0 Å². The summed E-state index contributed by atoms with van der Waals surface area (Å²) in [6, 6.07) is 0. The second-order valence-corrected chi connectivity index (χ2v) is 6.09. The average molecular weight is 399 g/mol. The molecule has 19 heavy (non-hydrogen) atoms. The minimum atomic E-state index is 0. The number of thioether (sulfide) groups is 1. The Morgan fingerprint density at radius 1 is 1.32 bits per heavy atom. The molecule has 1 N–H and O–H groups in total. The van der Waals surface area contributed by atoms with E-state index in [4.69, 9.17) is 4.99 Å². The third kappa shape index (κ3) is 8.27. The highest BCUT2D eigenvalue weighted by Gasteiger charge is 2.18. The Kier molecular flexibility index (Phi) is 12.3. The fraction of sp³-hybridized carbons (Fsp3) is 0.929. The normalized spacial score (nSPS) is 17.2. The second kappa shape index (κ2) is 12.1. The molecule has 1 aliphatic rings. The van der Waals surface area contributed by atoms with Crippen molar-refractivity contribution in [2.75, 3.05) is 38.2 Å². The molecular formula is C14H30IN3S. The van der Waals surface area contributed by atoms with Crippen molar-refractivity contribution >= 4 is 41.7 Å². The molecule has 0 unspecified atom stereocenters. The van der Waals surface area contributed by atoms with Gasteiger partial charge in [0.2, 0.25) is 0 Å². The number of aliphatic imine (C=N–C) groups is 1. The molecule has 0 saturated carbocycles. The Bertz CT molecular complexity index is 241. The highest BCUT2D eigenvalue weighted by molar-refractivity contribution is 14.0. The van der Waals surface area contributed by atoms with E-state index in [2.05, 4.69) is 30.3 Å². The van der Waals surface area contributed by atoms with E-state index in [1.807, 2.05) is 11.8 Å². The number of hydrogen-bond donors (Lipinski definition) is 1. The van der Waals surface area contributed by atoms with Gasteiger partial charge >= 0.3 is 0 Å². The van der Waals surface area contributed by atoms with Crippen LogP contribution < -0.4 is 5.32 Å². The summed E-state index contributed by atoms with van der Waals surface area (Å²) >= 11 is 1.92. The zero-order chi connectivity index (χ0) is 13.2. The van der Waals surface area contributed by atoms with Crippen LogP contribution in [0.15, 0.2) is 4.99 Å².